The molecule has 3 fully saturated rings. The zero-order valence-corrected chi connectivity index (χ0v) is 15.4. The first-order chi connectivity index (χ1) is 12.3. The molecule has 0 spiro atoms. The number of fused-ring (bicyclic) bond motifs is 1. The van der Waals surface area contributed by atoms with Gasteiger partial charge in [0.05, 0.1) is 17.2 Å². The predicted molar refractivity (Wildman–Crippen MR) is 93.1 cm³/mol. The van der Waals surface area contributed by atoms with Crippen LogP contribution in [0.2, 0.25) is 0 Å². The van der Waals surface area contributed by atoms with Crippen molar-refractivity contribution in [3.63, 3.8) is 0 Å². The van der Waals surface area contributed by atoms with Gasteiger partial charge in [0.15, 0.2) is 0 Å². The van der Waals surface area contributed by atoms with E-state index < -0.39 is 39.2 Å². The number of amides is 1. The monoisotopic (exact) mass is 383 g/mol. The average Bonchev–Trinajstić information content (AvgIpc) is 2.90. The standard InChI is InChI=1S/C19H23F2NO3S/c20-19(21)16-8-4-5-10-18(16,19)13-17(23)22-15(9-11-26(22,24)25)12-14-6-2-1-3-7-14/h1-3,6-7,15-16H,4-5,8-13H2. The highest BCUT2D eigenvalue weighted by molar-refractivity contribution is 7.89. The van der Waals surface area contributed by atoms with Gasteiger partial charge in [0.1, 0.15) is 0 Å². The summed E-state index contributed by atoms with van der Waals surface area (Å²) in [6.07, 6.45) is 2.62. The van der Waals surface area contributed by atoms with Crippen molar-refractivity contribution >= 4 is 15.9 Å². The van der Waals surface area contributed by atoms with E-state index in [1.807, 2.05) is 30.3 Å². The fourth-order valence-corrected chi connectivity index (χ4v) is 6.79. The van der Waals surface area contributed by atoms with Crippen LogP contribution in [0.3, 0.4) is 0 Å². The van der Waals surface area contributed by atoms with Crippen molar-refractivity contribution in [3.05, 3.63) is 35.9 Å². The van der Waals surface area contributed by atoms with Gasteiger partial charge in [-0.1, -0.05) is 43.2 Å². The Morgan fingerprint density at radius 3 is 2.58 bits per heavy atom. The molecule has 2 aliphatic carbocycles. The first-order valence-electron chi connectivity index (χ1n) is 9.25. The van der Waals surface area contributed by atoms with Crippen molar-refractivity contribution in [1.29, 1.82) is 0 Å². The van der Waals surface area contributed by atoms with Crippen LogP contribution in [0.1, 0.15) is 44.1 Å². The average molecular weight is 383 g/mol. The Morgan fingerprint density at radius 1 is 1.15 bits per heavy atom. The van der Waals surface area contributed by atoms with Crippen molar-refractivity contribution in [2.45, 2.75) is 56.9 Å². The summed E-state index contributed by atoms with van der Waals surface area (Å²) in [6.45, 7) is 0. The highest BCUT2D eigenvalue weighted by Gasteiger charge is 2.80. The van der Waals surface area contributed by atoms with Crippen molar-refractivity contribution in [1.82, 2.24) is 4.31 Å². The third-order valence-corrected chi connectivity index (χ3v) is 8.27. The Hall–Kier alpha value is -1.50. The van der Waals surface area contributed by atoms with Gasteiger partial charge in [0.2, 0.25) is 15.9 Å². The Morgan fingerprint density at radius 2 is 1.88 bits per heavy atom. The zero-order valence-electron chi connectivity index (χ0n) is 14.5. The molecule has 3 atom stereocenters. The lowest BCUT2D eigenvalue weighted by molar-refractivity contribution is -0.130. The van der Waals surface area contributed by atoms with Crippen molar-refractivity contribution < 1.29 is 22.0 Å². The second kappa shape index (κ2) is 6.01. The van der Waals surface area contributed by atoms with Gasteiger partial charge < -0.3 is 0 Å². The predicted octanol–water partition coefficient (Wildman–Crippen LogP) is 3.38. The summed E-state index contributed by atoms with van der Waals surface area (Å²) in [6, 6.07) is 8.90. The summed E-state index contributed by atoms with van der Waals surface area (Å²) < 4.78 is 54.5. The van der Waals surface area contributed by atoms with E-state index in [1.165, 1.54) is 0 Å². The minimum absolute atomic E-state index is 0.0942. The molecular formula is C19H23F2NO3S. The topological polar surface area (TPSA) is 54.5 Å². The minimum Gasteiger partial charge on any atom is -0.274 e. The molecule has 142 valence electrons. The van der Waals surface area contributed by atoms with E-state index in [1.54, 1.807) is 0 Å². The van der Waals surface area contributed by atoms with Crippen LogP contribution in [0.4, 0.5) is 8.78 Å². The van der Waals surface area contributed by atoms with E-state index in [-0.39, 0.29) is 12.2 Å². The second-order valence-corrected chi connectivity index (χ2v) is 9.86. The van der Waals surface area contributed by atoms with E-state index >= 15 is 0 Å². The van der Waals surface area contributed by atoms with Crippen molar-refractivity contribution in [2.75, 3.05) is 5.75 Å². The third-order valence-electron chi connectivity index (χ3n) is 6.42. The number of benzene rings is 1. The number of nitrogens with zero attached hydrogens (tertiary/aromatic N) is 1. The van der Waals surface area contributed by atoms with Crippen LogP contribution < -0.4 is 0 Å². The number of sulfonamides is 1. The van der Waals surface area contributed by atoms with Gasteiger partial charge >= 0.3 is 0 Å². The Labute approximate surface area is 152 Å². The summed E-state index contributed by atoms with van der Waals surface area (Å²) >= 11 is 0. The molecule has 0 bridgehead atoms. The highest BCUT2D eigenvalue weighted by Crippen LogP contribution is 2.74. The van der Waals surface area contributed by atoms with Gasteiger partial charge in [-0.15, -0.1) is 0 Å². The van der Waals surface area contributed by atoms with Crippen LogP contribution in [0.5, 0.6) is 0 Å². The maximum atomic E-state index is 14.3. The molecule has 3 aliphatic rings. The molecule has 4 nitrogen and oxygen atoms in total. The van der Waals surface area contributed by atoms with Crippen LogP contribution in [0, 0.1) is 11.3 Å². The number of rotatable bonds is 4. The Bertz CT molecular complexity index is 811. The van der Waals surface area contributed by atoms with Crippen LogP contribution >= 0.6 is 0 Å². The summed E-state index contributed by atoms with van der Waals surface area (Å²) in [5.41, 5.74) is -0.365. The first kappa shape index (κ1) is 17.9. The number of halogens is 2. The molecule has 7 heteroatoms. The number of carbonyl (C=O) groups excluding carboxylic acids is 1. The molecule has 0 N–H and O–H groups in total. The van der Waals surface area contributed by atoms with Gasteiger partial charge in [0, 0.05) is 12.3 Å². The molecule has 1 aliphatic heterocycles. The van der Waals surface area contributed by atoms with Gasteiger partial charge in [-0.3, -0.25) is 4.79 Å². The largest absolute Gasteiger partial charge is 0.274 e. The molecule has 1 heterocycles. The number of hydrogen-bond donors (Lipinski definition) is 0. The fraction of sp³-hybridized carbons (Fsp3) is 0.632. The minimum atomic E-state index is -3.71. The smallest absolute Gasteiger partial charge is 0.258 e. The van der Waals surface area contributed by atoms with E-state index in [0.717, 1.165) is 16.3 Å². The Kier molecular flexibility index (Phi) is 4.13. The molecule has 0 aromatic heterocycles. The molecule has 1 saturated heterocycles. The molecule has 0 radical (unpaired) electrons. The molecule has 3 unspecified atom stereocenters. The van der Waals surface area contributed by atoms with E-state index in [2.05, 4.69) is 0 Å². The molecule has 4 rings (SSSR count). The summed E-state index contributed by atoms with van der Waals surface area (Å²) in [5, 5.41) is 0. The van der Waals surface area contributed by atoms with Crippen LogP contribution in [0.15, 0.2) is 30.3 Å². The third kappa shape index (κ3) is 2.66. The van der Waals surface area contributed by atoms with Gasteiger partial charge in [0.25, 0.3) is 5.92 Å². The lowest BCUT2D eigenvalue weighted by atomic mass is 9.85. The molecule has 1 aromatic rings. The maximum Gasteiger partial charge on any atom is 0.258 e. The summed E-state index contributed by atoms with van der Waals surface area (Å²) in [7, 11) is -3.71. The molecule has 1 amide bonds. The summed E-state index contributed by atoms with van der Waals surface area (Å²) in [5.74, 6) is -4.33. The van der Waals surface area contributed by atoms with E-state index in [0.29, 0.717) is 32.1 Å². The lowest BCUT2D eigenvalue weighted by Crippen LogP contribution is -2.41. The molecule has 26 heavy (non-hydrogen) atoms. The zero-order chi connectivity index (χ0) is 18.6. The molecule has 1 aromatic carbocycles. The lowest BCUT2D eigenvalue weighted by Gasteiger charge is -2.27. The second-order valence-electron chi connectivity index (χ2n) is 7.89. The first-order valence-corrected chi connectivity index (χ1v) is 10.9. The van der Waals surface area contributed by atoms with E-state index in [9.17, 15) is 22.0 Å². The Balaban J connectivity index is 1.55. The van der Waals surface area contributed by atoms with Crippen LogP contribution in [-0.4, -0.2) is 36.3 Å². The quantitative estimate of drug-likeness (QED) is 0.801. The maximum absolute atomic E-state index is 14.3. The van der Waals surface area contributed by atoms with Gasteiger partial charge in [-0.25, -0.2) is 21.5 Å². The van der Waals surface area contributed by atoms with Crippen molar-refractivity contribution in [3.8, 4) is 0 Å². The fourth-order valence-electron chi connectivity index (χ4n) is 5.01. The highest BCUT2D eigenvalue weighted by atomic mass is 32.2. The number of alkyl halides is 2. The SMILES string of the molecule is O=C(CC12CCCCC1C2(F)F)N1C(Cc2ccccc2)CCS1(=O)=O. The molecular weight excluding hydrogens is 360 g/mol. The van der Waals surface area contributed by atoms with Crippen LogP contribution in [-0.2, 0) is 21.2 Å². The van der Waals surface area contributed by atoms with E-state index in [4.69, 9.17) is 0 Å². The van der Waals surface area contributed by atoms with Crippen molar-refractivity contribution in [2.24, 2.45) is 11.3 Å². The molecule has 2 saturated carbocycles. The van der Waals surface area contributed by atoms with Gasteiger partial charge in [-0.05, 0) is 31.2 Å². The normalized spacial score (nSPS) is 34.3. The van der Waals surface area contributed by atoms with Crippen LogP contribution in [0.25, 0.3) is 0 Å². The summed E-state index contributed by atoms with van der Waals surface area (Å²) in [4.78, 5) is 12.9. The number of hydrogen-bond acceptors (Lipinski definition) is 3. The number of carbonyl (C=O) groups is 1. The van der Waals surface area contributed by atoms with Gasteiger partial charge in [-0.2, -0.15) is 0 Å².